The Hall–Kier alpha value is -2.29. The van der Waals surface area contributed by atoms with Gasteiger partial charge in [-0.1, -0.05) is 18.2 Å². The first kappa shape index (κ1) is 21.4. The second-order valence-electron chi connectivity index (χ2n) is 7.33. The van der Waals surface area contributed by atoms with Gasteiger partial charge < -0.3 is 5.32 Å². The molecule has 2 N–H and O–H groups in total. The molecule has 1 fully saturated rings. The molecule has 0 aliphatic carbocycles. The minimum absolute atomic E-state index is 0.0379. The van der Waals surface area contributed by atoms with Gasteiger partial charge in [-0.2, -0.15) is 0 Å². The van der Waals surface area contributed by atoms with Gasteiger partial charge in [-0.15, -0.1) is 0 Å². The average Bonchev–Trinajstić information content (AvgIpc) is 2.71. The molecule has 2 aromatic carbocycles. The summed E-state index contributed by atoms with van der Waals surface area (Å²) in [5.41, 5.74) is 2.16. The number of halogens is 1. The number of hydrogen-bond acceptors (Lipinski definition) is 4. The fourth-order valence-electron chi connectivity index (χ4n) is 3.48. The predicted octanol–water partition coefficient (Wildman–Crippen LogP) is 2.44. The van der Waals surface area contributed by atoms with Crippen LogP contribution in [0, 0.1) is 12.7 Å². The second-order valence-corrected chi connectivity index (χ2v) is 9.22. The molecule has 1 aliphatic rings. The molecule has 0 aromatic heterocycles. The van der Waals surface area contributed by atoms with Gasteiger partial charge in [-0.05, 0) is 62.2 Å². The van der Waals surface area contributed by atoms with Crippen molar-refractivity contribution in [3.8, 4) is 0 Å². The summed E-state index contributed by atoms with van der Waals surface area (Å²) >= 11 is 0. The Bertz CT molecular complexity index is 969. The normalized spacial score (nSPS) is 16.0. The third-order valence-electron chi connectivity index (χ3n) is 5.27. The van der Waals surface area contributed by atoms with E-state index in [9.17, 15) is 17.6 Å². The van der Waals surface area contributed by atoms with Crippen LogP contribution < -0.4 is 10.0 Å². The average molecular weight is 420 g/mol. The van der Waals surface area contributed by atoms with Crippen molar-refractivity contribution < 1.29 is 17.6 Å². The van der Waals surface area contributed by atoms with Crippen molar-refractivity contribution in [2.75, 3.05) is 20.1 Å². The zero-order valence-electron chi connectivity index (χ0n) is 16.6. The van der Waals surface area contributed by atoms with Gasteiger partial charge in [0, 0.05) is 31.2 Å². The number of carbonyl (C=O) groups is 1. The lowest BCUT2D eigenvalue weighted by atomic mass is 10.0. The van der Waals surface area contributed by atoms with Gasteiger partial charge in [0.25, 0.3) is 5.91 Å². The number of nitrogens with zero attached hydrogens (tertiary/aromatic N) is 1. The van der Waals surface area contributed by atoms with Crippen molar-refractivity contribution in [1.29, 1.82) is 0 Å². The Kier molecular flexibility index (Phi) is 6.66. The quantitative estimate of drug-likeness (QED) is 0.754. The summed E-state index contributed by atoms with van der Waals surface area (Å²) in [6, 6.07) is 11.1. The maximum absolute atomic E-state index is 13.0. The number of nitrogens with one attached hydrogen (secondary N) is 2. The molecule has 1 amide bonds. The van der Waals surface area contributed by atoms with Crippen LogP contribution in [0.2, 0.25) is 0 Å². The summed E-state index contributed by atoms with van der Waals surface area (Å²) in [5.74, 6) is -0.496. The van der Waals surface area contributed by atoms with E-state index in [1.165, 1.54) is 31.3 Å². The molecular formula is C21H26FN3O3S. The molecule has 156 valence electrons. The van der Waals surface area contributed by atoms with Crippen molar-refractivity contribution in [1.82, 2.24) is 14.9 Å². The van der Waals surface area contributed by atoms with E-state index in [-0.39, 0.29) is 22.7 Å². The smallest absolute Gasteiger partial charge is 0.251 e. The van der Waals surface area contributed by atoms with E-state index in [1.807, 2.05) is 0 Å². The number of piperidine rings is 1. The Morgan fingerprint density at radius 1 is 1.14 bits per heavy atom. The maximum Gasteiger partial charge on any atom is 0.251 e. The standard InChI is InChI=1S/C21H26FN3O3S/c1-15-3-8-19(29(27,28)23-2)13-20(15)21(26)24-18-9-11-25(12-10-18)14-16-4-6-17(22)7-5-16/h3-8,13,18,23H,9-12,14H2,1-2H3,(H,24,26). The van der Waals surface area contributed by atoms with Crippen LogP contribution >= 0.6 is 0 Å². The van der Waals surface area contributed by atoms with E-state index in [2.05, 4.69) is 14.9 Å². The number of aryl methyl sites for hydroxylation is 1. The van der Waals surface area contributed by atoms with Crippen LogP contribution in [0.25, 0.3) is 0 Å². The SMILES string of the molecule is CNS(=O)(=O)c1ccc(C)c(C(=O)NC2CCN(Cc3ccc(F)cc3)CC2)c1. The molecule has 8 heteroatoms. The van der Waals surface area contributed by atoms with Crippen molar-refractivity contribution in [3.05, 3.63) is 65.0 Å². The fourth-order valence-corrected chi connectivity index (χ4v) is 4.23. The minimum atomic E-state index is -3.60. The van der Waals surface area contributed by atoms with Gasteiger partial charge in [0.1, 0.15) is 5.82 Å². The highest BCUT2D eigenvalue weighted by molar-refractivity contribution is 7.89. The lowest BCUT2D eigenvalue weighted by Gasteiger charge is -2.32. The van der Waals surface area contributed by atoms with Gasteiger partial charge in [-0.25, -0.2) is 17.5 Å². The van der Waals surface area contributed by atoms with E-state index in [1.54, 1.807) is 25.1 Å². The summed E-state index contributed by atoms with van der Waals surface area (Å²) in [4.78, 5) is 15.1. The fraction of sp³-hybridized carbons (Fsp3) is 0.381. The van der Waals surface area contributed by atoms with Crippen LogP contribution in [-0.4, -0.2) is 45.4 Å². The predicted molar refractivity (Wildman–Crippen MR) is 110 cm³/mol. The van der Waals surface area contributed by atoms with Crippen LogP contribution in [0.1, 0.15) is 34.3 Å². The topological polar surface area (TPSA) is 78.5 Å². The molecule has 29 heavy (non-hydrogen) atoms. The lowest BCUT2D eigenvalue weighted by Crippen LogP contribution is -2.44. The maximum atomic E-state index is 13.0. The highest BCUT2D eigenvalue weighted by atomic mass is 32.2. The van der Waals surface area contributed by atoms with Gasteiger partial charge in [0.2, 0.25) is 10.0 Å². The van der Waals surface area contributed by atoms with Crippen LogP contribution in [0.15, 0.2) is 47.4 Å². The van der Waals surface area contributed by atoms with E-state index in [0.717, 1.165) is 43.6 Å². The van der Waals surface area contributed by atoms with Crippen LogP contribution in [0.5, 0.6) is 0 Å². The first-order chi connectivity index (χ1) is 13.8. The van der Waals surface area contributed by atoms with Crippen molar-refractivity contribution in [3.63, 3.8) is 0 Å². The molecule has 0 atom stereocenters. The van der Waals surface area contributed by atoms with Crippen LogP contribution in [-0.2, 0) is 16.6 Å². The second kappa shape index (κ2) is 9.02. The molecule has 0 radical (unpaired) electrons. The monoisotopic (exact) mass is 419 g/mol. The number of sulfonamides is 1. The third kappa shape index (κ3) is 5.41. The number of rotatable bonds is 6. The van der Waals surface area contributed by atoms with Crippen molar-refractivity contribution >= 4 is 15.9 Å². The number of benzene rings is 2. The molecule has 0 bridgehead atoms. The third-order valence-corrected chi connectivity index (χ3v) is 6.69. The highest BCUT2D eigenvalue weighted by Crippen LogP contribution is 2.18. The minimum Gasteiger partial charge on any atom is -0.349 e. The molecule has 1 saturated heterocycles. The Labute approximate surface area is 171 Å². The summed E-state index contributed by atoms with van der Waals surface area (Å²) in [6.07, 6.45) is 1.61. The summed E-state index contributed by atoms with van der Waals surface area (Å²) in [5, 5.41) is 3.03. The number of hydrogen-bond donors (Lipinski definition) is 2. The number of amides is 1. The van der Waals surface area contributed by atoms with Gasteiger partial charge in [0.15, 0.2) is 0 Å². The van der Waals surface area contributed by atoms with Gasteiger partial charge >= 0.3 is 0 Å². The number of carbonyl (C=O) groups excluding carboxylic acids is 1. The van der Waals surface area contributed by atoms with E-state index >= 15 is 0 Å². The molecule has 1 heterocycles. The summed E-state index contributed by atoms with van der Waals surface area (Å²) < 4.78 is 39.3. The van der Waals surface area contributed by atoms with Crippen molar-refractivity contribution in [2.45, 2.75) is 37.2 Å². The van der Waals surface area contributed by atoms with E-state index in [4.69, 9.17) is 0 Å². The summed E-state index contributed by atoms with van der Waals surface area (Å²) in [6.45, 7) is 4.20. The van der Waals surface area contributed by atoms with Gasteiger partial charge in [-0.3, -0.25) is 9.69 Å². The van der Waals surface area contributed by atoms with Crippen molar-refractivity contribution in [2.24, 2.45) is 0 Å². The zero-order valence-corrected chi connectivity index (χ0v) is 17.4. The highest BCUT2D eigenvalue weighted by Gasteiger charge is 2.23. The number of likely N-dealkylation sites (tertiary alicyclic amines) is 1. The molecule has 3 rings (SSSR count). The first-order valence-corrected chi connectivity index (χ1v) is 11.1. The Balaban J connectivity index is 1.58. The van der Waals surface area contributed by atoms with E-state index < -0.39 is 10.0 Å². The molecule has 0 unspecified atom stereocenters. The Morgan fingerprint density at radius 3 is 2.41 bits per heavy atom. The lowest BCUT2D eigenvalue weighted by molar-refractivity contribution is 0.0908. The molecular weight excluding hydrogens is 393 g/mol. The molecule has 6 nitrogen and oxygen atoms in total. The molecule has 1 aliphatic heterocycles. The zero-order chi connectivity index (χ0) is 21.0. The van der Waals surface area contributed by atoms with Crippen LogP contribution in [0.4, 0.5) is 4.39 Å². The Morgan fingerprint density at radius 2 is 1.79 bits per heavy atom. The van der Waals surface area contributed by atoms with Crippen LogP contribution in [0.3, 0.4) is 0 Å². The molecule has 0 saturated carbocycles. The molecule has 0 spiro atoms. The first-order valence-electron chi connectivity index (χ1n) is 9.60. The van der Waals surface area contributed by atoms with Gasteiger partial charge in [0.05, 0.1) is 4.90 Å². The largest absolute Gasteiger partial charge is 0.349 e. The summed E-state index contributed by atoms with van der Waals surface area (Å²) in [7, 11) is -2.26. The van der Waals surface area contributed by atoms with E-state index in [0.29, 0.717) is 5.56 Å². The molecule has 2 aromatic rings.